The zero-order valence-corrected chi connectivity index (χ0v) is 12.2. The van der Waals surface area contributed by atoms with Gasteiger partial charge in [0.15, 0.2) is 0 Å². The van der Waals surface area contributed by atoms with Gasteiger partial charge in [0.2, 0.25) is 0 Å². The minimum Gasteiger partial charge on any atom is -0.497 e. The van der Waals surface area contributed by atoms with Gasteiger partial charge in [0.1, 0.15) is 5.75 Å². The Morgan fingerprint density at radius 1 is 0.947 bits per heavy atom. The van der Waals surface area contributed by atoms with Crippen molar-refractivity contribution in [1.29, 1.82) is 0 Å². The van der Waals surface area contributed by atoms with Crippen LogP contribution in [0.4, 0.5) is 5.69 Å². The molecule has 0 amide bonds. The van der Waals surface area contributed by atoms with Gasteiger partial charge >= 0.3 is 0 Å². The molecular formula is C16H18ClNO. The van der Waals surface area contributed by atoms with Gasteiger partial charge in [-0.25, -0.2) is 0 Å². The summed E-state index contributed by atoms with van der Waals surface area (Å²) >= 11 is 5.89. The first-order chi connectivity index (χ1) is 9.01. The van der Waals surface area contributed by atoms with Crippen molar-refractivity contribution < 1.29 is 4.74 Å². The second kappa shape index (κ2) is 5.54. The Kier molecular flexibility index (Phi) is 4.01. The summed E-state index contributed by atoms with van der Waals surface area (Å²) in [5.74, 6) is 0.867. The SMILES string of the molecule is COc1ccc(C(C)(C)Nc2ccc(Cl)cc2)cc1. The zero-order valence-electron chi connectivity index (χ0n) is 11.4. The average molecular weight is 276 g/mol. The molecule has 0 spiro atoms. The van der Waals surface area contributed by atoms with Gasteiger partial charge < -0.3 is 10.1 Å². The van der Waals surface area contributed by atoms with Crippen molar-refractivity contribution in [2.75, 3.05) is 12.4 Å². The van der Waals surface area contributed by atoms with E-state index in [9.17, 15) is 0 Å². The Labute approximate surface area is 119 Å². The van der Waals surface area contributed by atoms with Crippen LogP contribution >= 0.6 is 11.6 Å². The lowest BCUT2D eigenvalue weighted by molar-refractivity contribution is 0.414. The minimum atomic E-state index is -0.167. The highest BCUT2D eigenvalue weighted by atomic mass is 35.5. The number of halogens is 1. The molecule has 0 heterocycles. The molecule has 0 unspecified atom stereocenters. The molecule has 19 heavy (non-hydrogen) atoms. The second-order valence-electron chi connectivity index (χ2n) is 4.99. The Bertz CT molecular complexity index is 532. The van der Waals surface area contributed by atoms with Gasteiger partial charge in [-0.05, 0) is 55.8 Å². The molecule has 100 valence electrons. The van der Waals surface area contributed by atoms with Crippen LogP contribution in [0.15, 0.2) is 48.5 Å². The summed E-state index contributed by atoms with van der Waals surface area (Å²) in [5, 5.41) is 4.24. The van der Waals surface area contributed by atoms with E-state index in [-0.39, 0.29) is 5.54 Å². The molecule has 0 saturated carbocycles. The van der Waals surface area contributed by atoms with Gasteiger partial charge in [-0.15, -0.1) is 0 Å². The highest BCUT2D eigenvalue weighted by molar-refractivity contribution is 6.30. The van der Waals surface area contributed by atoms with Crippen LogP contribution in [0.2, 0.25) is 5.02 Å². The van der Waals surface area contributed by atoms with E-state index >= 15 is 0 Å². The molecule has 0 aromatic heterocycles. The molecule has 0 bridgehead atoms. The van der Waals surface area contributed by atoms with Crippen molar-refractivity contribution in [2.24, 2.45) is 0 Å². The molecule has 0 aliphatic rings. The fraction of sp³-hybridized carbons (Fsp3) is 0.250. The number of anilines is 1. The summed E-state index contributed by atoms with van der Waals surface area (Å²) < 4.78 is 5.18. The van der Waals surface area contributed by atoms with E-state index in [1.165, 1.54) is 5.56 Å². The molecule has 1 N–H and O–H groups in total. The Hall–Kier alpha value is -1.67. The van der Waals surface area contributed by atoms with Crippen LogP contribution in [0.25, 0.3) is 0 Å². The highest BCUT2D eigenvalue weighted by Gasteiger charge is 2.19. The van der Waals surface area contributed by atoms with Gasteiger partial charge in [0.25, 0.3) is 0 Å². The van der Waals surface area contributed by atoms with Crippen LogP contribution in [-0.4, -0.2) is 7.11 Å². The molecule has 0 atom stereocenters. The highest BCUT2D eigenvalue weighted by Crippen LogP contribution is 2.27. The van der Waals surface area contributed by atoms with Crippen molar-refractivity contribution in [3.05, 3.63) is 59.1 Å². The summed E-state index contributed by atoms with van der Waals surface area (Å²) in [4.78, 5) is 0. The van der Waals surface area contributed by atoms with E-state index in [1.54, 1.807) is 7.11 Å². The molecule has 0 aliphatic heterocycles. The molecule has 3 heteroatoms. The lowest BCUT2D eigenvalue weighted by Crippen LogP contribution is -2.27. The molecule has 2 aromatic carbocycles. The van der Waals surface area contributed by atoms with Gasteiger partial charge in [0, 0.05) is 10.7 Å². The van der Waals surface area contributed by atoms with E-state index in [0.717, 1.165) is 16.5 Å². The molecule has 0 fully saturated rings. The van der Waals surface area contributed by atoms with Crippen molar-refractivity contribution in [2.45, 2.75) is 19.4 Å². The van der Waals surface area contributed by atoms with Crippen LogP contribution in [-0.2, 0) is 5.54 Å². The topological polar surface area (TPSA) is 21.3 Å². The molecule has 0 aliphatic carbocycles. The monoisotopic (exact) mass is 275 g/mol. The summed E-state index contributed by atoms with van der Waals surface area (Å²) in [5.41, 5.74) is 2.08. The number of benzene rings is 2. The third-order valence-electron chi connectivity index (χ3n) is 3.11. The third kappa shape index (κ3) is 3.42. The van der Waals surface area contributed by atoms with Crippen LogP contribution in [0, 0.1) is 0 Å². The predicted octanol–water partition coefficient (Wildman–Crippen LogP) is 4.70. The summed E-state index contributed by atoms with van der Waals surface area (Å²) in [6.45, 7) is 4.28. The maximum absolute atomic E-state index is 5.89. The maximum Gasteiger partial charge on any atom is 0.118 e. The van der Waals surface area contributed by atoms with Crippen LogP contribution in [0.5, 0.6) is 5.75 Å². The molecule has 2 nitrogen and oxygen atoms in total. The average Bonchev–Trinajstić information content (AvgIpc) is 2.41. The van der Waals surface area contributed by atoms with Gasteiger partial charge in [-0.2, -0.15) is 0 Å². The first kappa shape index (κ1) is 13.8. The second-order valence-corrected chi connectivity index (χ2v) is 5.42. The van der Waals surface area contributed by atoms with E-state index in [2.05, 4.69) is 31.3 Å². The van der Waals surface area contributed by atoms with E-state index < -0.39 is 0 Å². The summed E-state index contributed by atoms with van der Waals surface area (Å²) in [6.07, 6.45) is 0. The molecule has 2 aromatic rings. The fourth-order valence-electron chi connectivity index (χ4n) is 1.97. The standard InChI is InChI=1S/C16H18ClNO/c1-16(2,12-4-10-15(19-3)11-5-12)18-14-8-6-13(17)7-9-14/h4-11,18H,1-3H3. The quantitative estimate of drug-likeness (QED) is 0.873. The normalized spacial score (nSPS) is 11.2. The smallest absolute Gasteiger partial charge is 0.118 e. The lowest BCUT2D eigenvalue weighted by atomic mass is 9.94. The molecule has 2 rings (SSSR count). The van der Waals surface area contributed by atoms with Crippen molar-refractivity contribution >= 4 is 17.3 Å². The number of rotatable bonds is 4. The molecular weight excluding hydrogens is 258 g/mol. The van der Waals surface area contributed by atoms with Gasteiger partial charge in [0.05, 0.1) is 12.6 Å². The number of ether oxygens (including phenoxy) is 1. The zero-order chi connectivity index (χ0) is 13.9. The first-order valence-corrected chi connectivity index (χ1v) is 6.57. The van der Waals surface area contributed by atoms with Crippen molar-refractivity contribution in [1.82, 2.24) is 0 Å². The first-order valence-electron chi connectivity index (χ1n) is 6.19. The fourth-order valence-corrected chi connectivity index (χ4v) is 2.10. The summed E-state index contributed by atoms with van der Waals surface area (Å²) in [7, 11) is 1.67. The van der Waals surface area contributed by atoms with Crippen LogP contribution in [0.1, 0.15) is 19.4 Å². The largest absolute Gasteiger partial charge is 0.497 e. The summed E-state index contributed by atoms with van der Waals surface area (Å²) in [6, 6.07) is 15.8. The number of methoxy groups -OCH3 is 1. The van der Waals surface area contributed by atoms with Crippen molar-refractivity contribution in [3.63, 3.8) is 0 Å². The van der Waals surface area contributed by atoms with Gasteiger partial charge in [-0.1, -0.05) is 23.7 Å². The third-order valence-corrected chi connectivity index (χ3v) is 3.36. The number of nitrogens with one attached hydrogen (secondary N) is 1. The maximum atomic E-state index is 5.89. The van der Waals surface area contributed by atoms with Crippen molar-refractivity contribution in [3.8, 4) is 5.75 Å². The minimum absolute atomic E-state index is 0.167. The molecule has 0 radical (unpaired) electrons. The Balaban J connectivity index is 2.18. The number of hydrogen-bond acceptors (Lipinski definition) is 2. The Morgan fingerprint density at radius 3 is 2.05 bits per heavy atom. The van der Waals surface area contributed by atoms with E-state index in [1.807, 2.05) is 36.4 Å². The van der Waals surface area contributed by atoms with E-state index in [4.69, 9.17) is 16.3 Å². The lowest BCUT2D eigenvalue weighted by Gasteiger charge is -2.28. The predicted molar refractivity (Wildman–Crippen MR) is 81.1 cm³/mol. The van der Waals surface area contributed by atoms with Crippen LogP contribution in [0.3, 0.4) is 0 Å². The van der Waals surface area contributed by atoms with Crippen LogP contribution < -0.4 is 10.1 Å². The van der Waals surface area contributed by atoms with E-state index in [0.29, 0.717) is 0 Å². The Morgan fingerprint density at radius 2 is 1.53 bits per heavy atom. The van der Waals surface area contributed by atoms with Gasteiger partial charge in [-0.3, -0.25) is 0 Å². The molecule has 0 saturated heterocycles. The number of hydrogen-bond donors (Lipinski definition) is 1.